The summed E-state index contributed by atoms with van der Waals surface area (Å²) >= 11 is 0. The lowest BCUT2D eigenvalue weighted by Gasteiger charge is -2.06. The van der Waals surface area contributed by atoms with Crippen LogP contribution in [-0.4, -0.2) is 15.7 Å². The molecule has 1 aromatic rings. The van der Waals surface area contributed by atoms with Crippen molar-refractivity contribution in [1.82, 2.24) is 0 Å². The van der Waals surface area contributed by atoms with Crippen molar-refractivity contribution in [3.63, 3.8) is 0 Å². The first-order valence-corrected chi connectivity index (χ1v) is 6.77. The average Bonchev–Trinajstić information content (AvgIpc) is 2.21. The van der Waals surface area contributed by atoms with Crippen LogP contribution in [-0.2, 0) is 15.6 Å². The number of carbonyl (C=O) groups excluding carboxylic acids is 1. The predicted octanol–water partition coefficient (Wildman–Crippen LogP) is 2.78. The Morgan fingerprint density at radius 1 is 1.31 bits per heavy atom. The Labute approximate surface area is 99.5 Å². The van der Waals surface area contributed by atoms with Gasteiger partial charge in [0, 0.05) is 17.1 Å². The topological polar surface area (TPSA) is 34.1 Å². The fourth-order valence-corrected chi connectivity index (χ4v) is 2.89. The van der Waals surface area contributed by atoms with Crippen molar-refractivity contribution in [3.05, 3.63) is 29.3 Å². The Bertz CT molecular complexity index is 410. The largest absolute Gasteiger partial charge is 0.300 e. The van der Waals surface area contributed by atoms with Crippen LogP contribution in [0.5, 0.6) is 0 Å². The van der Waals surface area contributed by atoms with Crippen LogP contribution >= 0.6 is 0 Å². The van der Waals surface area contributed by atoms with Gasteiger partial charge < -0.3 is 4.79 Å². The van der Waals surface area contributed by atoms with E-state index in [1.807, 2.05) is 32.0 Å². The molecule has 88 valence electrons. The summed E-state index contributed by atoms with van der Waals surface area (Å²) in [7, 11) is -0.974. The molecule has 0 saturated heterocycles. The number of aryl methyl sites for hydroxylation is 2. The molecule has 0 amide bonds. The van der Waals surface area contributed by atoms with Crippen molar-refractivity contribution in [1.29, 1.82) is 0 Å². The Hall–Kier alpha value is -0.960. The third-order valence-electron chi connectivity index (χ3n) is 2.45. The molecule has 0 aromatic heterocycles. The van der Waals surface area contributed by atoms with Gasteiger partial charge in [-0.2, -0.15) is 0 Å². The summed E-state index contributed by atoms with van der Waals surface area (Å²) in [5, 5.41) is 0. The van der Waals surface area contributed by atoms with Gasteiger partial charge in [0.25, 0.3) is 0 Å². The van der Waals surface area contributed by atoms with Crippen molar-refractivity contribution in [2.24, 2.45) is 0 Å². The second-order valence-electron chi connectivity index (χ2n) is 4.12. The van der Waals surface area contributed by atoms with Crippen LogP contribution in [0.3, 0.4) is 0 Å². The standard InChI is InChI=1S/C13H18O2S/c1-10-6-7-11(2)13(9-10)16(15)8-4-5-12(3)14/h6-7,9H,4-5,8H2,1-3H3. The van der Waals surface area contributed by atoms with E-state index >= 15 is 0 Å². The maximum Gasteiger partial charge on any atom is 0.129 e. The van der Waals surface area contributed by atoms with Crippen LogP contribution in [0.2, 0.25) is 0 Å². The Morgan fingerprint density at radius 2 is 2.00 bits per heavy atom. The molecule has 0 heterocycles. The SMILES string of the molecule is CC(=O)CCCS(=O)c1cc(C)ccc1C. The molecule has 0 fully saturated rings. The van der Waals surface area contributed by atoms with Gasteiger partial charge in [-0.25, -0.2) is 0 Å². The molecule has 1 rings (SSSR count). The molecule has 1 aromatic carbocycles. The van der Waals surface area contributed by atoms with Crippen molar-refractivity contribution < 1.29 is 9.00 Å². The zero-order valence-electron chi connectivity index (χ0n) is 10.1. The maximum atomic E-state index is 12.0. The number of hydrogen-bond donors (Lipinski definition) is 0. The highest BCUT2D eigenvalue weighted by molar-refractivity contribution is 7.85. The van der Waals surface area contributed by atoms with E-state index in [0.717, 1.165) is 16.0 Å². The molecule has 0 N–H and O–H groups in total. The van der Waals surface area contributed by atoms with E-state index < -0.39 is 10.8 Å². The van der Waals surface area contributed by atoms with Crippen molar-refractivity contribution in [2.45, 2.75) is 38.5 Å². The van der Waals surface area contributed by atoms with Gasteiger partial charge in [0.1, 0.15) is 5.78 Å². The molecule has 0 aliphatic carbocycles. The van der Waals surface area contributed by atoms with Crippen LogP contribution in [0, 0.1) is 13.8 Å². The van der Waals surface area contributed by atoms with Gasteiger partial charge in [0.15, 0.2) is 0 Å². The molecule has 0 radical (unpaired) electrons. The lowest BCUT2D eigenvalue weighted by atomic mass is 10.2. The van der Waals surface area contributed by atoms with Crippen LogP contribution in [0.4, 0.5) is 0 Å². The minimum atomic E-state index is -0.974. The van der Waals surface area contributed by atoms with Gasteiger partial charge in [-0.1, -0.05) is 12.1 Å². The second-order valence-corrected chi connectivity index (χ2v) is 5.66. The maximum absolute atomic E-state index is 12.0. The van der Waals surface area contributed by atoms with Crippen molar-refractivity contribution >= 4 is 16.6 Å². The van der Waals surface area contributed by atoms with Crippen LogP contribution in [0.15, 0.2) is 23.1 Å². The number of benzene rings is 1. The molecular weight excluding hydrogens is 220 g/mol. The fraction of sp³-hybridized carbons (Fsp3) is 0.462. The van der Waals surface area contributed by atoms with Gasteiger partial charge in [0.05, 0.1) is 10.8 Å². The molecule has 0 saturated carbocycles. The second kappa shape index (κ2) is 5.94. The Balaban J connectivity index is 2.65. The highest BCUT2D eigenvalue weighted by Crippen LogP contribution is 2.16. The molecule has 0 aliphatic rings. The summed E-state index contributed by atoms with van der Waals surface area (Å²) in [6, 6.07) is 5.98. The molecule has 2 nitrogen and oxygen atoms in total. The molecule has 0 aliphatic heterocycles. The molecule has 1 atom stereocenters. The van der Waals surface area contributed by atoms with E-state index in [-0.39, 0.29) is 5.78 Å². The zero-order chi connectivity index (χ0) is 12.1. The summed E-state index contributed by atoms with van der Waals surface area (Å²) < 4.78 is 12.0. The molecule has 1 unspecified atom stereocenters. The smallest absolute Gasteiger partial charge is 0.129 e. The van der Waals surface area contributed by atoms with Crippen LogP contribution in [0.25, 0.3) is 0 Å². The first-order chi connectivity index (χ1) is 7.50. The van der Waals surface area contributed by atoms with Crippen molar-refractivity contribution in [3.8, 4) is 0 Å². The summed E-state index contributed by atoms with van der Waals surface area (Å²) in [5.74, 6) is 0.738. The van der Waals surface area contributed by atoms with E-state index in [2.05, 4.69) is 0 Å². The van der Waals surface area contributed by atoms with E-state index in [1.54, 1.807) is 6.92 Å². The first-order valence-electron chi connectivity index (χ1n) is 5.46. The Kier molecular flexibility index (Phi) is 4.87. The van der Waals surface area contributed by atoms with Crippen molar-refractivity contribution in [2.75, 3.05) is 5.75 Å². The van der Waals surface area contributed by atoms with Crippen LogP contribution < -0.4 is 0 Å². The van der Waals surface area contributed by atoms with E-state index in [0.29, 0.717) is 18.6 Å². The normalized spacial score (nSPS) is 12.4. The molecule has 3 heteroatoms. The number of ketones is 1. The highest BCUT2D eigenvalue weighted by Gasteiger charge is 2.07. The lowest BCUT2D eigenvalue weighted by molar-refractivity contribution is -0.117. The Morgan fingerprint density at radius 3 is 2.62 bits per heavy atom. The van der Waals surface area contributed by atoms with Gasteiger partial charge in [-0.15, -0.1) is 0 Å². The number of carbonyl (C=O) groups is 1. The summed E-state index contributed by atoms with van der Waals surface area (Å²) in [6.45, 7) is 5.54. The zero-order valence-corrected chi connectivity index (χ0v) is 10.9. The molecule has 16 heavy (non-hydrogen) atoms. The fourth-order valence-electron chi connectivity index (χ4n) is 1.51. The number of hydrogen-bond acceptors (Lipinski definition) is 2. The highest BCUT2D eigenvalue weighted by atomic mass is 32.2. The van der Waals surface area contributed by atoms with Gasteiger partial charge in [-0.05, 0) is 44.4 Å². The van der Waals surface area contributed by atoms with Crippen LogP contribution in [0.1, 0.15) is 30.9 Å². The van der Waals surface area contributed by atoms with E-state index in [1.165, 1.54) is 0 Å². The van der Waals surface area contributed by atoms with Gasteiger partial charge in [0.2, 0.25) is 0 Å². The minimum absolute atomic E-state index is 0.165. The van der Waals surface area contributed by atoms with Gasteiger partial charge in [-0.3, -0.25) is 4.21 Å². The summed E-state index contributed by atoms with van der Waals surface area (Å²) in [5.41, 5.74) is 2.19. The lowest BCUT2D eigenvalue weighted by Crippen LogP contribution is -2.02. The van der Waals surface area contributed by atoms with E-state index in [9.17, 15) is 9.00 Å². The number of rotatable bonds is 5. The predicted molar refractivity (Wildman–Crippen MR) is 67.1 cm³/mol. The molecule has 0 spiro atoms. The molecular formula is C13H18O2S. The quantitative estimate of drug-likeness (QED) is 0.790. The third kappa shape index (κ3) is 3.89. The number of Topliss-reactive ketones (excluding diaryl/α,β-unsaturated/α-hetero) is 1. The third-order valence-corrected chi connectivity index (χ3v) is 4.04. The van der Waals surface area contributed by atoms with E-state index in [4.69, 9.17) is 0 Å². The molecule has 0 bridgehead atoms. The average molecular weight is 238 g/mol. The van der Waals surface area contributed by atoms with Gasteiger partial charge >= 0.3 is 0 Å². The minimum Gasteiger partial charge on any atom is -0.300 e. The summed E-state index contributed by atoms with van der Waals surface area (Å²) in [6.07, 6.45) is 1.23. The first kappa shape index (κ1) is 13.1. The summed E-state index contributed by atoms with van der Waals surface area (Å²) in [4.78, 5) is 11.7. The monoisotopic (exact) mass is 238 g/mol.